The number of H-pyrrole nitrogens is 2. The summed E-state index contributed by atoms with van der Waals surface area (Å²) in [7, 11) is 0. The van der Waals surface area contributed by atoms with Crippen LogP contribution in [0, 0.1) is 0 Å². The summed E-state index contributed by atoms with van der Waals surface area (Å²) in [6, 6.07) is 9.41. The van der Waals surface area contributed by atoms with E-state index in [9.17, 15) is 0 Å². The predicted octanol–water partition coefficient (Wildman–Crippen LogP) is 3.24. The number of halogens is 1. The van der Waals surface area contributed by atoms with E-state index in [2.05, 4.69) is 25.1 Å². The molecule has 0 fully saturated rings. The molecule has 0 saturated heterocycles. The minimum absolute atomic E-state index is 0.238. The van der Waals surface area contributed by atoms with E-state index in [1.807, 2.05) is 36.5 Å². The molecule has 120 valence electrons. The highest BCUT2D eigenvalue weighted by Crippen LogP contribution is 2.22. The van der Waals surface area contributed by atoms with Crippen LogP contribution in [-0.4, -0.2) is 25.1 Å². The van der Waals surface area contributed by atoms with Crippen molar-refractivity contribution in [1.29, 1.82) is 0 Å². The standard InChI is InChI=1S/C17H15ClN6/c18-13-3-1-10(2-4-13)5-14(19)16-23-15-6-11(7-20-17(15)24-16)12-8-21-22-9-12/h1-4,6-9,14H,5,19H2,(H,21,22)(H,20,23,24). The maximum atomic E-state index is 6.29. The van der Waals surface area contributed by atoms with E-state index >= 15 is 0 Å². The molecule has 3 aromatic heterocycles. The molecule has 0 aliphatic carbocycles. The number of hydrogen-bond acceptors (Lipinski definition) is 4. The van der Waals surface area contributed by atoms with Crippen molar-refractivity contribution in [3.05, 3.63) is 65.3 Å². The summed E-state index contributed by atoms with van der Waals surface area (Å²) in [5, 5.41) is 7.47. The molecule has 0 bridgehead atoms. The Bertz CT molecular complexity index is 959. The van der Waals surface area contributed by atoms with Crippen molar-refractivity contribution in [3.8, 4) is 11.1 Å². The number of nitrogens with one attached hydrogen (secondary N) is 2. The number of aromatic amines is 2. The molecule has 7 heteroatoms. The number of nitrogens with zero attached hydrogens (tertiary/aromatic N) is 3. The minimum atomic E-state index is -0.238. The van der Waals surface area contributed by atoms with Gasteiger partial charge in [0.05, 0.1) is 12.2 Å². The highest BCUT2D eigenvalue weighted by atomic mass is 35.5. The van der Waals surface area contributed by atoms with Crippen LogP contribution in [-0.2, 0) is 6.42 Å². The summed E-state index contributed by atoms with van der Waals surface area (Å²) in [4.78, 5) is 12.2. The molecule has 0 aliphatic rings. The average Bonchev–Trinajstić information content (AvgIpc) is 3.25. The number of imidazole rings is 1. The highest BCUT2D eigenvalue weighted by Gasteiger charge is 2.13. The molecule has 24 heavy (non-hydrogen) atoms. The average molecular weight is 339 g/mol. The van der Waals surface area contributed by atoms with Gasteiger partial charge in [0.1, 0.15) is 11.3 Å². The molecule has 1 unspecified atom stereocenters. The number of fused-ring (bicyclic) bond motifs is 1. The molecule has 0 radical (unpaired) electrons. The van der Waals surface area contributed by atoms with Crippen LogP contribution >= 0.6 is 11.6 Å². The molecule has 0 spiro atoms. The van der Waals surface area contributed by atoms with Crippen LogP contribution in [0.3, 0.4) is 0 Å². The third kappa shape index (κ3) is 2.89. The first-order valence-corrected chi connectivity index (χ1v) is 7.91. The smallest absolute Gasteiger partial charge is 0.157 e. The van der Waals surface area contributed by atoms with Gasteiger partial charge >= 0.3 is 0 Å². The van der Waals surface area contributed by atoms with Gasteiger partial charge in [0, 0.05) is 28.5 Å². The van der Waals surface area contributed by atoms with E-state index < -0.39 is 0 Å². The number of aromatic nitrogens is 5. The molecule has 4 N–H and O–H groups in total. The zero-order valence-corrected chi connectivity index (χ0v) is 13.5. The van der Waals surface area contributed by atoms with Gasteiger partial charge in [-0.2, -0.15) is 5.10 Å². The highest BCUT2D eigenvalue weighted by molar-refractivity contribution is 6.30. The van der Waals surface area contributed by atoms with E-state index in [1.165, 1.54) is 0 Å². The van der Waals surface area contributed by atoms with E-state index in [0.717, 1.165) is 33.7 Å². The molecular formula is C17H15ClN6. The van der Waals surface area contributed by atoms with Crippen molar-refractivity contribution >= 4 is 22.8 Å². The topological polar surface area (TPSA) is 96.3 Å². The molecule has 4 aromatic rings. The van der Waals surface area contributed by atoms with Gasteiger partial charge in [-0.1, -0.05) is 23.7 Å². The third-order valence-corrected chi connectivity index (χ3v) is 4.16. The van der Waals surface area contributed by atoms with E-state index in [4.69, 9.17) is 17.3 Å². The normalized spacial score (nSPS) is 12.6. The van der Waals surface area contributed by atoms with Crippen LogP contribution < -0.4 is 5.73 Å². The second-order valence-electron chi connectivity index (χ2n) is 5.64. The van der Waals surface area contributed by atoms with Crippen LogP contribution in [0.2, 0.25) is 5.02 Å². The first-order valence-electron chi connectivity index (χ1n) is 7.54. The Kier molecular flexibility index (Phi) is 3.76. The fourth-order valence-corrected chi connectivity index (χ4v) is 2.75. The number of rotatable bonds is 4. The molecule has 0 amide bonds. The summed E-state index contributed by atoms with van der Waals surface area (Å²) >= 11 is 5.91. The Morgan fingerprint density at radius 2 is 1.96 bits per heavy atom. The maximum Gasteiger partial charge on any atom is 0.157 e. The maximum absolute atomic E-state index is 6.29. The molecular weight excluding hydrogens is 324 g/mol. The Morgan fingerprint density at radius 3 is 2.71 bits per heavy atom. The van der Waals surface area contributed by atoms with Gasteiger partial charge in [-0.15, -0.1) is 0 Å². The van der Waals surface area contributed by atoms with Crippen molar-refractivity contribution in [1.82, 2.24) is 25.1 Å². The van der Waals surface area contributed by atoms with Crippen LogP contribution in [0.15, 0.2) is 48.9 Å². The summed E-state index contributed by atoms with van der Waals surface area (Å²) < 4.78 is 0. The quantitative estimate of drug-likeness (QED) is 0.532. The molecule has 1 atom stereocenters. The summed E-state index contributed by atoms with van der Waals surface area (Å²) in [6.45, 7) is 0. The van der Waals surface area contributed by atoms with Crippen molar-refractivity contribution in [3.63, 3.8) is 0 Å². The first-order chi connectivity index (χ1) is 11.7. The summed E-state index contributed by atoms with van der Waals surface area (Å²) in [5.41, 5.74) is 10.8. The lowest BCUT2D eigenvalue weighted by Gasteiger charge is -2.08. The van der Waals surface area contributed by atoms with Gasteiger partial charge in [0.15, 0.2) is 5.65 Å². The third-order valence-electron chi connectivity index (χ3n) is 3.91. The lowest BCUT2D eigenvalue weighted by Crippen LogP contribution is -2.14. The molecule has 0 aliphatic heterocycles. The predicted molar refractivity (Wildman–Crippen MR) is 93.6 cm³/mol. The molecule has 4 rings (SSSR count). The summed E-state index contributed by atoms with van der Waals surface area (Å²) in [6.07, 6.45) is 6.04. The fraction of sp³-hybridized carbons (Fsp3) is 0.118. The molecule has 3 heterocycles. The van der Waals surface area contributed by atoms with Crippen molar-refractivity contribution in [2.45, 2.75) is 12.5 Å². The lowest BCUT2D eigenvalue weighted by molar-refractivity contribution is 0.680. The van der Waals surface area contributed by atoms with Gasteiger partial charge in [-0.25, -0.2) is 9.97 Å². The largest absolute Gasteiger partial charge is 0.325 e. The zero-order valence-electron chi connectivity index (χ0n) is 12.7. The second-order valence-corrected chi connectivity index (χ2v) is 6.07. The molecule has 6 nitrogen and oxygen atoms in total. The van der Waals surface area contributed by atoms with Crippen molar-refractivity contribution in [2.24, 2.45) is 5.73 Å². The van der Waals surface area contributed by atoms with Gasteiger partial charge < -0.3 is 10.7 Å². The Labute approximate surface area is 143 Å². The van der Waals surface area contributed by atoms with E-state index in [0.29, 0.717) is 11.4 Å². The van der Waals surface area contributed by atoms with Gasteiger partial charge in [0.2, 0.25) is 0 Å². The van der Waals surface area contributed by atoms with E-state index in [1.54, 1.807) is 12.4 Å². The Hall–Kier alpha value is -2.70. The van der Waals surface area contributed by atoms with Gasteiger partial charge in [-0.3, -0.25) is 5.10 Å². The SMILES string of the molecule is NC(Cc1ccc(Cl)cc1)c1nc2cc(-c3cn[nH]c3)cnc2[nH]1. The number of nitrogens with two attached hydrogens (primary N) is 1. The van der Waals surface area contributed by atoms with Gasteiger partial charge in [0.25, 0.3) is 0 Å². The summed E-state index contributed by atoms with van der Waals surface area (Å²) in [5.74, 6) is 0.719. The minimum Gasteiger partial charge on any atom is -0.325 e. The second kappa shape index (κ2) is 6.07. The zero-order chi connectivity index (χ0) is 16.5. The van der Waals surface area contributed by atoms with Crippen molar-refractivity contribution in [2.75, 3.05) is 0 Å². The Morgan fingerprint density at radius 1 is 1.12 bits per heavy atom. The van der Waals surface area contributed by atoms with Crippen LogP contribution in [0.4, 0.5) is 0 Å². The number of pyridine rings is 1. The monoisotopic (exact) mass is 338 g/mol. The lowest BCUT2D eigenvalue weighted by atomic mass is 10.1. The van der Waals surface area contributed by atoms with Crippen LogP contribution in [0.25, 0.3) is 22.3 Å². The van der Waals surface area contributed by atoms with Crippen molar-refractivity contribution < 1.29 is 0 Å². The number of benzene rings is 1. The molecule has 1 aromatic carbocycles. The molecule has 0 saturated carbocycles. The van der Waals surface area contributed by atoms with E-state index in [-0.39, 0.29) is 6.04 Å². The van der Waals surface area contributed by atoms with Crippen LogP contribution in [0.1, 0.15) is 17.4 Å². The fourth-order valence-electron chi connectivity index (χ4n) is 2.63. The number of hydrogen-bond donors (Lipinski definition) is 3. The first kappa shape index (κ1) is 14.9. The van der Waals surface area contributed by atoms with Gasteiger partial charge in [-0.05, 0) is 30.2 Å². The van der Waals surface area contributed by atoms with Crippen LogP contribution in [0.5, 0.6) is 0 Å². The Balaban J connectivity index is 1.61.